The number of hydrogen-bond donors (Lipinski definition) is 0. The lowest BCUT2D eigenvalue weighted by molar-refractivity contribution is -0.151. The van der Waals surface area contributed by atoms with Crippen molar-refractivity contribution in [2.75, 3.05) is 20.8 Å². The van der Waals surface area contributed by atoms with Crippen LogP contribution in [-0.2, 0) is 9.53 Å². The van der Waals surface area contributed by atoms with Crippen LogP contribution in [0.2, 0.25) is 0 Å². The van der Waals surface area contributed by atoms with Gasteiger partial charge < -0.3 is 28.4 Å². The molecule has 0 bridgehead atoms. The Morgan fingerprint density at radius 3 is 2.53 bits per heavy atom. The van der Waals surface area contributed by atoms with Gasteiger partial charge in [0.15, 0.2) is 11.5 Å². The molecule has 5 rings (SSSR count). The molecule has 2 aromatic carbocycles. The van der Waals surface area contributed by atoms with Crippen molar-refractivity contribution in [1.29, 1.82) is 0 Å². The van der Waals surface area contributed by atoms with E-state index in [1.807, 2.05) is 44.2 Å². The molecule has 0 fully saturated rings. The summed E-state index contributed by atoms with van der Waals surface area (Å²) in [4.78, 5) is 12.1. The Bertz CT molecular complexity index is 1120. The molecular formula is C25H26O7. The molecule has 3 aliphatic rings. The quantitative estimate of drug-likeness (QED) is 0.657. The second kappa shape index (κ2) is 7.36. The normalized spacial score (nSPS) is 23.7. The van der Waals surface area contributed by atoms with E-state index in [1.165, 1.54) is 6.92 Å². The SMILES string of the molecule is COc1cc2c(cc1OC)[C@H]1[C@H](OC(C)=O)c3ccc4c(c3O[C@@H]1CO2)C=CC(C)(C)O4. The zero-order valence-corrected chi connectivity index (χ0v) is 18.8. The molecule has 32 heavy (non-hydrogen) atoms. The minimum atomic E-state index is -0.546. The highest BCUT2D eigenvalue weighted by Gasteiger charge is 2.47. The van der Waals surface area contributed by atoms with E-state index in [4.69, 9.17) is 28.4 Å². The average Bonchev–Trinajstić information content (AvgIpc) is 2.76. The van der Waals surface area contributed by atoms with Gasteiger partial charge in [0.05, 0.1) is 25.7 Å². The summed E-state index contributed by atoms with van der Waals surface area (Å²) in [5.41, 5.74) is 2.09. The molecule has 0 saturated carbocycles. The number of carbonyl (C=O) groups excluding carboxylic acids is 1. The van der Waals surface area contributed by atoms with E-state index in [0.29, 0.717) is 29.6 Å². The summed E-state index contributed by atoms with van der Waals surface area (Å²) in [5.74, 6) is 2.58. The van der Waals surface area contributed by atoms with Gasteiger partial charge >= 0.3 is 5.97 Å². The maximum absolute atomic E-state index is 12.1. The largest absolute Gasteiger partial charge is 0.493 e. The highest BCUT2D eigenvalue weighted by Crippen LogP contribution is 2.54. The monoisotopic (exact) mass is 438 g/mol. The predicted octanol–water partition coefficient (Wildman–Crippen LogP) is 4.43. The third-order valence-electron chi connectivity index (χ3n) is 6.08. The van der Waals surface area contributed by atoms with Crippen LogP contribution in [0, 0.1) is 0 Å². The van der Waals surface area contributed by atoms with Crippen LogP contribution < -0.4 is 23.7 Å². The first kappa shape index (κ1) is 20.5. The Kier molecular flexibility index (Phi) is 4.73. The first-order chi connectivity index (χ1) is 15.3. The van der Waals surface area contributed by atoms with Crippen molar-refractivity contribution in [3.05, 3.63) is 47.0 Å². The molecule has 0 N–H and O–H groups in total. The molecule has 0 spiro atoms. The van der Waals surface area contributed by atoms with Crippen molar-refractivity contribution in [3.63, 3.8) is 0 Å². The molecule has 0 radical (unpaired) electrons. The Labute approximate surface area is 186 Å². The van der Waals surface area contributed by atoms with Gasteiger partial charge in [-0.05, 0) is 44.2 Å². The van der Waals surface area contributed by atoms with E-state index in [9.17, 15) is 4.79 Å². The van der Waals surface area contributed by atoms with Crippen molar-refractivity contribution in [2.24, 2.45) is 0 Å². The molecule has 168 valence electrons. The lowest BCUT2D eigenvalue weighted by atomic mass is 9.79. The smallest absolute Gasteiger partial charge is 0.303 e. The number of hydrogen-bond acceptors (Lipinski definition) is 7. The number of ether oxygens (including phenoxy) is 6. The summed E-state index contributed by atoms with van der Waals surface area (Å²) in [6.07, 6.45) is 3.10. The minimum absolute atomic E-state index is 0.266. The van der Waals surface area contributed by atoms with Crippen molar-refractivity contribution in [1.82, 2.24) is 0 Å². The van der Waals surface area contributed by atoms with Gasteiger partial charge in [-0.25, -0.2) is 0 Å². The number of benzene rings is 2. The molecule has 0 aromatic heterocycles. The Balaban J connectivity index is 1.66. The van der Waals surface area contributed by atoms with Crippen molar-refractivity contribution in [2.45, 2.75) is 44.5 Å². The molecule has 7 heteroatoms. The first-order valence-corrected chi connectivity index (χ1v) is 10.6. The number of carbonyl (C=O) groups is 1. The molecule has 2 aromatic rings. The molecule has 0 amide bonds. The second-order valence-corrected chi connectivity index (χ2v) is 8.70. The zero-order chi connectivity index (χ0) is 22.6. The van der Waals surface area contributed by atoms with Gasteiger partial charge in [-0.1, -0.05) is 0 Å². The van der Waals surface area contributed by atoms with Crippen LogP contribution in [0.15, 0.2) is 30.3 Å². The van der Waals surface area contributed by atoms with Crippen molar-refractivity contribution < 1.29 is 33.2 Å². The lowest BCUT2D eigenvalue weighted by Gasteiger charge is -2.43. The summed E-state index contributed by atoms with van der Waals surface area (Å²) < 4.78 is 35.4. The van der Waals surface area contributed by atoms with Gasteiger partial charge in [0.25, 0.3) is 0 Å². The summed E-state index contributed by atoms with van der Waals surface area (Å²) in [6, 6.07) is 7.51. The molecule has 7 nitrogen and oxygen atoms in total. The van der Waals surface area contributed by atoms with Crippen LogP contribution in [0.1, 0.15) is 49.5 Å². The fourth-order valence-corrected chi connectivity index (χ4v) is 4.67. The van der Waals surface area contributed by atoms with Gasteiger partial charge in [0.1, 0.15) is 41.7 Å². The molecule has 0 aliphatic carbocycles. The Hall–Kier alpha value is -3.35. The summed E-state index contributed by atoms with van der Waals surface area (Å²) in [5, 5.41) is 0. The molecule has 3 heterocycles. The second-order valence-electron chi connectivity index (χ2n) is 8.70. The van der Waals surface area contributed by atoms with Crippen LogP contribution >= 0.6 is 0 Å². The maximum Gasteiger partial charge on any atom is 0.303 e. The molecule has 0 saturated heterocycles. The van der Waals surface area contributed by atoms with Crippen molar-refractivity contribution in [3.8, 4) is 28.7 Å². The van der Waals surface area contributed by atoms with Gasteiger partial charge in [0.2, 0.25) is 0 Å². The van der Waals surface area contributed by atoms with Crippen LogP contribution in [0.4, 0.5) is 0 Å². The Morgan fingerprint density at radius 2 is 1.81 bits per heavy atom. The number of fused-ring (bicyclic) bond motifs is 6. The van der Waals surface area contributed by atoms with Gasteiger partial charge in [-0.15, -0.1) is 0 Å². The predicted molar refractivity (Wildman–Crippen MR) is 117 cm³/mol. The van der Waals surface area contributed by atoms with Crippen molar-refractivity contribution >= 4 is 12.0 Å². The third-order valence-corrected chi connectivity index (χ3v) is 6.08. The molecule has 3 aliphatic heterocycles. The van der Waals surface area contributed by atoms with E-state index in [-0.39, 0.29) is 18.0 Å². The average molecular weight is 438 g/mol. The van der Waals surface area contributed by atoms with Crippen LogP contribution in [0.5, 0.6) is 28.7 Å². The van der Waals surface area contributed by atoms with Crippen LogP contribution in [0.3, 0.4) is 0 Å². The third kappa shape index (κ3) is 3.23. The van der Waals surface area contributed by atoms with E-state index in [2.05, 4.69) is 0 Å². The van der Waals surface area contributed by atoms with Gasteiger partial charge in [0, 0.05) is 24.1 Å². The highest BCUT2D eigenvalue weighted by atomic mass is 16.6. The van der Waals surface area contributed by atoms with Gasteiger partial charge in [-0.3, -0.25) is 4.79 Å². The summed E-state index contributed by atoms with van der Waals surface area (Å²) in [6.45, 7) is 5.73. The van der Waals surface area contributed by atoms with Gasteiger partial charge in [-0.2, -0.15) is 0 Å². The molecular weight excluding hydrogens is 412 g/mol. The molecule has 3 atom stereocenters. The lowest BCUT2D eigenvalue weighted by Crippen LogP contribution is -2.43. The number of methoxy groups -OCH3 is 2. The standard InChI is InChI=1S/C25H26O7/c1-13(26)30-24-15-6-7-17-14(8-9-25(2,3)32-17)23(15)31-21-12-29-18-11-20(28-5)19(27-4)10-16(18)22(21)24/h6-11,21-22,24H,12H2,1-5H3/t21-,22-,24-/m1/s1. The zero-order valence-electron chi connectivity index (χ0n) is 18.8. The minimum Gasteiger partial charge on any atom is -0.493 e. The Morgan fingerprint density at radius 1 is 1.06 bits per heavy atom. The highest BCUT2D eigenvalue weighted by molar-refractivity contribution is 5.72. The van der Waals surface area contributed by atoms with Crippen LogP contribution in [-0.4, -0.2) is 38.5 Å². The topological polar surface area (TPSA) is 72.5 Å². The number of esters is 1. The number of rotatable bonds is 3. The first-order valence-electron chi connectivity index (χ1n) is 10.6. The van der Waals surface area contributed by atoms with E-state index in [1.54, 1.807) is 20.3 Å². The summed E-state index contributed by atoms with van der Waals surface area (Å²) in [7, 11) is 3.17. The fraction of sp³-hybridized carbons (Fsp3) is 0.400. The maximum atomic E-state index is 12.1. The van der Waals surface area contributed by atoms with E-state index in [0.717, 1.165) is 22.4 Å². The molecule has 0 unspecified atom stereocenters. The summed E-state index contributed by atoms with van der Waals surface area (Å²) >= 11 is 0. The van der Waals surface area contributed by atoms with Crippen LogP contribution in [0.25, 0.3) is 6.08 Å². The fourth-order valence-electron chi connectivity index (χ4n) is 4.67. The van der Waals surface area contributed by atoms with E-state index < -0.39 is 11.7 Å². The van der Waals surface area contributed by atoms with E-state index >= 15 is 0 Å².